The number of nitrogens with one attached hydrogen (secondary N) is 1. The number of likely N-dealkylation sites (N-methyl/N-ethyl adjacent to an activating group) is 1. The predicted octanol–water partition coefficient (Wildman–Crippen LogP) is 2.46. The molecule has 112 valence electrons. The third-order valence-electron chi connectivity index (χ3n) is 3.53. The SMILES string of the molecule is CCN(CC(C)(C)O)C(=O)NC1CCCC(SC)C1. The van der Waals surface area contributed by atoms with Crippen molar-refractivity contribution >= 4 is 17.8 Å². The fraction of sp³-hybridized carbons (Fsp3) is 0.929. The zero-order valence-corrected chi connectivity index (χ0v) is 13.4. The zero-order valence-electron chi connectivity index (χ0n) is 12.6. The van der Waals surface area contributed by atoms with E-state index < -0.39 is 5.60 Å². The van der Waals surface area contributed by atoms with Gasteiger partial charge >= 0.3 is 6.03 Å². The molecule has 0 radical (unpaired) electrons. The third kappa shape index (κ3) is 6.04. The Morgan fingerprint density at radius 3 is 2.68 bits per heavy atom. The molecule has 2 amide bonds. The molecule has 1 fully saturated rings. The van der Waals surface area contributed by atoms with Gasteiger partial charge in [0.05, 0.1) is 12.1 Å². The molecule has 2 atom stereocenters. The maximum Gasteiger partial charge on any atom is 0.317 e. The number of thioether (sulfide) groups is 1. The summed E-state index contributed by atoms with van der Waals surface area (Å²) in [6.45, 7) is 6.39. The van der Waals surface area contributed by atoms with Crippen LogP contribution < -0.4 is 5.32 Å². The summed E-state index contributed by atoms with van der Waals surface area (Å²) in [5, 5.41) is 13.6. The van der Waals surface area contributed by atoms with Gasteiger partial charge in [-0.3, -0.25) is 0 Å². The van der Waals surface area contributed by atoms with E-state index in [1.807, 2.05) is 18.7 Å². The lowest BCUT2D eigenvalue weighted by Crippen LogP contribution is -2.50. The second kappa shape index (κ2) is 7.39. The summed E-state index contributed by atoms with van der Waals surface area (Å²) >= 11 is 1.90. The highest BCUT2D eigenvalue weighted by Crippen LogP contribution is 2.27. The molecule has 0 aromatic rings. The van der Waals surface area contributed by atoms with E-state index in [9.17, 15) is 9.90 Å². The van der Waals surface area contributed by atoms with Gasteiger partial charge in [0.2, 0.25) is 0 Å². The molecule has 1 rings (SSSR count). The van der Waals surface area contributed by atoms with E-state index in [-0.39, 0.29) is 12.1 Å². The normalized spacial score (nSPS) is 24.1. The molecule has 5 heteroatoms. The predicted molar refractivity (Wildman–Crippen MR) is 81.6 cm³/mol. The van der Waals surface area contributed by atoms with Gasteiger partial charge in [-0.1, -0.05) is 6.42 Å². The summed E-state index contributed by atoms with van der Waals surface area (Å²) in [5.74, 6) is 0. The first-order chi connectivity index (χ1) is 8.85. The van der Waals surface area contributed by atoms with Gasteiger partial charge in [0, 0.05) is 17.8 Å². The smallest absolute Gasteiger partial charge is 0.317 e. The molecule has 1 aliphatic rings. The Kier molecular flexibility index (Phi) is 6.47. The summed E-state index contributed by atoms with van der Waals surface area (Å²) in [6, 6.07) is 0.242. The van der Waals surface area contributed by atoms with Gasteiger partial charge in [-0.2, -0.15) is 11.8 Å². The Morgan fingerprint density at radius 1 is 1.47 bits per heavy atom. The minimum absolute atomic E-state index is 0.0450. The van der Waals surface area contributed by atoms with E-state index in [2.05, 4.69) is 11.6 Å². The highest BCUT2D eigenvalue weighted by molar-refractivity contribution is 7.99. The van der Waals surface area contributed by atoms with E-state index in [0.717, 1.165) is 12.8 Å². The molecule has 19 heavy (non-hydrogen) atoms. The summed E-state index contributed by atoms with van der Waals surface area (Å²) in [5.41, 5.74) is -0.846. The summed E-state index contributed by atoms with van der Waals surface area (Å²) in [6.07, 6.45) is 6.72. The first-order valence-electron chi connectivity index (χ1n) is 7.16. The van der Waals surface area contributed by atoms with Crippen LogP contribution in [0.4, 0.5) is 4.79 Å². The Balaban J connectivity index is 2.47. The van der Waals surface area contributed by atoms with Gasteiger partial charge in [0.15, 0.2) is 0 Å². The van der Waals surface area contributed by atoms with Gasteiger partial charge in [-0.05, 0) is 46.3 Å². The number of nitrogens with zero attached hydrogens (tertiary/aromatic N) is 1. The lowest BCUT2D eigenvalue weighted by atomic mass is 9.95. The van der Waals surface area contributed by atoms with Crippen LogP contribution in [0, 0.1) is 0 Å². The van der Waals surface area contributed by atoms with Crippen molar-refractivity contribution in [2.24, 2.45) is 0 Å². The minimum Gasteiger partial charge on any atom is -0.389 e. The van der Waals surface area contributed by atoms with Gasteiger partial charge in [0.25, 0.3) is 0 Å². The number of urea groups is 1. The number of carbonyl (C=O) groups excluding carboxylic acids is 1. The van der Waals surface area contributed by atoms with Crippen LogP contribution in [0.15, 0.2) is 0 Å². The van der Waals surface area contributed by atoms with Crippen molar-refractivity contribution < 1.29 is 9.90 Å². The molecule has 0 aliphatic heterocycles. The maximum absolute atomic E-state index is 12.2. The number of amides is 2. The van der Waals surface area contributed by atoms with Gasteiger partial charge in [-0.15, -0.1) is 0 Å². The Hall–Kier alpha value is -0.420. The molecule has 4 nitrogen and oxygen atoms in total. The molecule has 0 aromatic carbocycles. The summed E-state index contributed by atoms with van der Waals surface area (Å²) in [4.78, 5) is 13.9. The first kappa shape index (κ1) is 16.6. The van der Waals surface area contributed by atoms with Crippen LogP contribution in [0.5, 0.6) is 0 Å². The molecule has 2 unspecified atom stereocenters. The van der Waals surface area contributed by atoms with Crippen molar-refractivity contribution in [3.63, 3.8) is 0 Å². The van der Waals surface area contributed by atoms with Crippen LogP contribution >= 0.6 is 11.8 Å². The topological polar surface area (TPSA) is 52.6 Å². The van der Waals surface area contributed by atoms with Gasteiger partial charge in [0.1, 0.15) is 0 Å². The van der Waals surface area contributed by atoms with Crippen LogP contribution in [0.3, 0.4) is 0 Å². The van der Waals surface area contributed by atoms with Crippen molar-refractivity contribution in [1.29, 1.82) is 0 Å². The van der Waals surface area contributed by atoms with Crippen LogP contribution in [0.1, 0.15) is 46.5 Å². The quantitative estimate of drug-likeness (QED) is 0.817. The number of rotatable bonds is 5. The summed E-state index contributed by atoms with van der Waals surface area (Å²) < 4.78 is 0. The van der Waals surface area contributed by atoms with Crippen LogP contribution in [-0.2, 0) is 0 Å². The number of carbonyl (C=O) groups is 1. The number of hydrogen-bond acceptors (Lipinski definition) is 3. The molecule has 0 bridgehead atoms. The number of hydrogen-bond donors (Lipinski definition) is 2. The van der Waals surface area contributed by atoms with Crippen molar-refractivity contribution in [1.82, 2.24) is 10.2 Å². The van der Waals surface area contributed by atoms with Gasteiger partial charge < -0.3 is 15.3 Å². The molecule has 0 saturated heterocycles. The molecule has 0 spiro atoms. The van der Waals surface area contributed by atoms with Crippen LogP contribution in [0.25, 0.3) is 0 Å². The lowest BCUT2D eigenvalue weighted by Gasteiger charge is -2.33. The monoisotopic (exact) mass is 288 g/mol. The molecule has 0 aromatic heterocycles. The molecule has 2 N–H and O–H groups in total. The van der Waals surface area contributed by atoms with Crippen molar-refractivity contribution in [2.75, 3.05) is 19.3 Å². The Morgan fingerprint density at radius 2 is 2.16 bits per heavy atom. The second-order valence-electron chi connectivity index (χ2n) is 6.00. The summed E-state index contributed by atoms with van der Waals surface area (Å²) in [7, 11) is 0. The molecular formula is C14H28N2O2S. The Bertz CT molecular complexity index is 292. The molecule has 1 saturated carbocycles. The van der Waals surface area contributed by atoms with Crippen molar-refractivity contribution in [3.05, 3.63) is 0 Å². The van der Waals surface area contributed by atoms with Crippen LogP contribution in [0.2, 0.25) is 0 Å². The highest BCUT2D eigenvalue weighted by Gasteiger charge is 2.26. The number of aliphatic hydroxyl groups is 1. The maximum atomic E-state index is 12.2. The second-order valence-corrected chi connectivity index (χ2v) is 7.14. The largest absolute Gasteiger partial charge is 0.389 e. The average molecular weight is 288 g/mol. The zero-order chi connectivity index (χ0) is 14.5. The first-order valence-corrected chi connectivity index (χ1v) is 8.45. The van der Waals surface area contributed by atoms with E-state index in [0.29, 0.717) is 18.3 Å². The standard InChI is InChI=1S/C14H28N2O2S/c1-5-16(10-14(2,3)18)13(17)15-11-7-6-8-12(9-11)19-4/h11-12,18H,5-10H2,1-4H3,(H,15,17). The van der Waals surface area contributed by atoms with E-state index in [4.69, 9.17) is 0 Å². The average Bonchev–Trinajstić information content (AvgIpc) is 2.35. The van der Waals surface area contributed by atoms with Crippen LogP contribution in [-0.4, -0.2) is 52.3 Å². The van der Waals surface area contributed by atoms with E-state index >= 15 is 0 Å². The molecule has 1 aliphatic carbocycles. The lowest BCUT2D eigenvalue weighted by molar-refractivity contribution is 0.0473. The fourth-order valence-corrected chi connectivity index (χ4v) is 3.38. The molecule has 0 heterocycles. The fourth-order valence-electron chi connectivity index (χ4n) is 2.55. The van der Waals surface area contributed by atoms with Gasteiger partial charge in [-0.25, -0.2) is 4.79 Å². The van der Waals surface area contributed by atoms with Crippen molar-refractivity contribution in [3.8, 4) is 0 Å². The minimum atomic E-state index is -0.846. The van der Waals surface area contributed by atoms with Crippen molar-refractivity contribution in [2.45, 2.75) is 63.3 Å². The highest BCUT2D eigenvalue weighted by atomic mass is 32.2. The Labute approximate surface area is 121 Å². The van der Waals surface area contributed by atoms with E-state index in [1.165, 1.54) is 12.8 Å². The third-order valence-corrected chi connectivity index (χ3v) is 4.63. The molecular weight excluding hydrogens is 260 g/mol. The van der Waals surface area contributed by atoms with E-state index in [1.54, 1.807) is 18.7 Å².